The van der Waals surface area contributed by atoms with Gasteiger partial charge in [-0.05, 0) is 30.3 Å². The van der Waals surface area contributed by atoms with Gasteiger partial charge >= 0.3 is 6.03 Å². The molecule has 0 saturated heterocycles. The highest BCUT2D eigenvalue weighted by Gasteiger charge is 2.06. The van der Waals surface area contributed by atoms with Crippen LogP contribution in [-0.4, -0.2) is 6.03 Å². The van der Waals surface area contributed by atoms with E-state index in [1.807, 2.05) is 0 Å². The van der Waals surface area contributed by atoms with Gasteiger partial charge in [-0.15, -0.1) is 0 Å². The molecule has 0 atom stereocenters. The summed E-state index contributed by atoms with van der Waals surface area (Å²) in [4.78, 5) is 10.8. The Kier molecular flexibility index (Phi) is 4.42. The highest BCUT2D eigenvalue weighted by molar-refractivity contribution is 6.31. The molecule has 0 unspecified atom stereocenters. The van der Waals surface area contributed by atoms with Gasteiger partial charge in [-0.3, -0.25) is 0 Å². The molecule has 0 heterocycles. The molecule has 0 bridgehead atoms. The zero-order chi connectivity index (χ0) is 14.5. The number of anilines is 2. The molecule has 0 aromatic heterocycles. The average molecular weight is 294 g/mol. The second-order valence-electron chi connectivity index (χ2n) is 4.12. The number of rotatable bonds is 4. The lowest BCUT2D eigenvalue weighted by molar-refractivity contribution is 0.259. The van der Waals surface area contributed by atoms with Crippen molar-refractivity contribution in [3.8, 4) is 0 Å². The Bertz CT molecular complexity index is 613. The van der Waals surface area contributed by atoms with Crippen LogP contribution >= 0.6 is 11.6 Å². The van der Waals surface area contributed by atoms with Crippen LogP contribution < -0.4 is 16.4 Å². The average Bonchev–Trinajstić information content (AvgIpc) is 2.38. The third-order valence-electron chi connectivity index (χ3n) is 2.66. The SMILES string of the molecule is NC(=O)Nc1cccc(NCc2c(F)cccc2Cl)c1. The molecule has 2 aromatic carbocycles. The number of halogens is 2. The van der Waals surface area contributed by atoms with Crippen LogP contribution in [0.15, 0.2) is 42.5 Å². The quantitative estimate of drug-likeness (QED) is 0.806. The molecule has 4 nitrogen and oxygen atoms in total. The van der Waals surface area contributed by atoms with Gasteiger partial charge in [-0.1, -0.05) is 23.7 Å². The van der Waals surface area contributed by atoms with Crippen LogP contribution in [0.2, 0.25) is 5.02 Å². The van der Waals surface area contributed by atoms with Crippen LogP contribution in [-0.2, 0) is 6.54 Å². The number of nitrogens with two attached hydrogens (primary N) is 1. The van der Waals surface area contributed by atoms with E-state index in [9.17, 15) is 9.18 Å². The number of amides is 2. The fourth-order valence-corrected chi connectivity index (χ4v) is 1.97. The first-order chi connectivity index (χ1) is 9.56. The number of hydrogen-bond donors (Lipinski definition) is 3. The highest BCUT2D eigenvalue weighted by atomic mass is 35.5. The molecule has 0 aliphatic carbocycles. The Morgan fingerprint density at radius 1 is 1.20 bits per heavy atom. The smallest absolute Gasteiger partial charge is 0.316 e. The first-order valence-corrected chi connectivity index (χ1v) is 6.27. The summed E-state index contributed by atoms with van der Waals surface area (Å²) in [7, 11) is 0. The maximum Gasteiger partial charge on any atom is 0.316 e. The zero-order valence-electron chi connectivity index (χ0n) is 10.5. The predicted molar refractivity (Wildman–Crippen MR) is 78.4 cm³/mol. The summed E-state index contributed by atoms with van der Waals surface area (Å²) in [6.45, 7) is 0.242. The molecule has 0 aliphatic rings. The van der Waals surface area contributed by atoms with Crippen molar-refractivity contribution in [2.24, 2.45) is 5.73 Å². The first-order valence-electron chi connectivity index (χ1n) is 5.89. The van der Waals surface area contributed by atoms with Gasteiger partial charge in [-0.25, -0.2) is 9.18 Å². The second-order valence-corrected chi connectivity index (χ2v) is 4.53. The molecule has 20 heavy (non-hydrogen) atoms. The molecule has 0 saturated carbocycles. The van der Waals surface area contributed by atoms with Gasteiger partial charge in [0.2, 0.25) is 0 Å². The number of carbonyl (C=O) groups is 1. The molecule has 6 heteroatoms. The van der Waals surface area contributed by atoms with Gasteiger partial charge in [0.05, 0.1) is 0 Å². The summed E-state index contributed by atoms with van der Waals surface area (Å²) in [6, 6.07) is 10.8. The van der Waals surface area contributed by atoms with Crippen LogP contribution in [0.5, 0.6) is 0 Å². The van der Waals surface area contributed by atoms with E-state index in [-0.39, 0.29) is 12.4 Å². The Labute approximate surface area is 120 Å². The Morgan fingerprint density at radius 2 is 1.90 bits per heavy atom. The van der Waals surface area contributed by atoms with E-state index in [1.54, 1.807) is 36.4 Å². The van der Waals surface area contributed by atoms with E-state index >= 15 is 0 Å². The highest BCUT2D eigenvalue weighted by Crippen LogP contribution is 2.21. The molecule has 0 fully saturated rings. The normalized spacial score (nSPS) is 10.1. The number of hydrogen-bond acceptors (Lipinski definition) is 2. The molecule has 0 radical (unpaired) electrons. The Morgan fingerprint density at radius 3 is 2.60 bits per heavy atom. The van der Waals surface area contributed by atoms with Crippen LogP contribution in [0.25, 0.3) is 0 Å². The maximum atomic E-state index is 13.6. The lowest BCUT2D eigenvalue weighted by Gasteiger charge is -2.10. The summed E-state index contributed by atoms with van der Waals surface area (Å²) < 4.78 is 13.6. The summed E-state index contributed by atoms with van der Waals surface area (Å²) in [5.74, 6) is -0.364. The van der Waals surface area contributed by atoms with E-state index in [0.717, 1.165) is 5.69 Å². The van der Waals surface area contributed by atoms with Crippen molar-refractivity contribution in [2.75, 3.05) is 10.6 Å². The van der Waals surface area contributed by atoms with Gasteiger partial charge < -0.3 is 16.4 Å². The molecular weight excluding hydrogens is 281 g/mol. The Balaban J connectivity index is 2.09. The van der Waals surface area contributed by atoms with E-state index in [1.165, 1.54) is 6.07 Å². The molecule has 104 valence electrons. The number of carbonyl (C=O) groups excluding carboxylic acids is 1. The van der Waals surface area contributed by atoms with Crippen LogP contribution in [0, 0.1) is 5.82 Å². The van der Waals surface area contributed by atoms with Crippen LogP contribution in [0.3, 0.4) is 0 Å². The second kappa shape index (κ2) is 6.25. The van der Waals surface area contributed by atoms with Crippen molar-refractivity contribution in [1.29, 1.82) is 0 Å². The fraction of sp³-hybridized carbons (Fsp3) is 0.0714. The molecule has 0 aliphatic heterocycles. The third-order valence-corrected chi connectivity index (χ3v) is 3.02. The standard InChI is InChI=1S/C14H13ClFN3O/c15-12-5-2-6-13(16)11(12)8-18-9-3-1-4-10(7-9)19-14(17)20/h1-7,18H,8H2,(H3,17,19,20). The number of nitrogens with one attached hydrogen (secondary N) is 2. The van der Waals surface area contributed by atoms with Crippen molar-refractivity contribution < 1.29 is 9.18 Å². The number of primary amides is 1. The molecule has 2 amide bonds. The van der Waals surface area contributed by atoms with Crippen molar-refractivity contribution in [3.63, 3.8) is 0 Å². The molecule has 2 aromatic rings. The molecular formula is C14H13ClFN3O. The van der Waals surface area contributed by atoms with E-state index in [4.69, 9.17) is 17.3 Å². The summed E-state index contributed by atoms with van der Waals surface area (Å²) >= 11 is 5.94. The fourth-order valence-electron chi connectivity index (χ4n) is 1.74. The summed E-state index contributed by atoms with van der Waals surface area (Å²) in [5, 5.41) is 5.87. The zero-order valence-corrected chi connectivity index (χ0v) is 11.2. The Hall–Kier alpha value is -2.27. The minimum absolute atomic E-state index is 0.242. The van der Waals surface area contributed by atoms with Crippen molar-refractivity contribution in [3.05, 3.63) is 58.9 Å². The topological polar surface area (TPSA) is 67.2 Å². The van der Waals surface area contributed by atoms with Gasteiger partial charge in [-0.2, -0.15) is 0 Å². The van der Waals surface area contributed by atoms with Gasteiger partial charge in [0.15, 0.2) is 0 Å². The van der Waals surface area contributed by atoms with E-state index < -0.39 is 6.03 Å². The van der Waals surface area contributed by atoms with Crippen molar-refractivity contribution in [1.82, 2.24) is 0 Å². The van der Waals surface area contributed by atoms with Crippen LogP contribution in [0.4, 0.5) is 20.6 Å². The maximum absolute atomic E-state index is 13.6. The molecule has 4 N–H and O–H groups in total. The lowest BCUT2D eigenvalue weighted by Crippen LogP contribution is -2.19. The lowest BCUT2D eigenvalue weighted by atomic mass is 10.2. The number of urea groups is 1. The van der Waals surface area contributed by atoms with Gasteiger partial charge in [0.25, 0.3) is 0 Å². The summed E-state index contributed by atoms with van der Waals surface area (Å²) in [5.41, 5.74) is 6.71. The largest absolute Gasteiger partial charge is 0.381 e. The molecule has 2 rings (SSSR count). The number of benzene rings is 2. The minimum atomic E-state index is -0.640. The molecule has 0 spiro atoms. The van der Waals surface area contributed by atoms with Gasteiger partial charge in [0.1, 0.15) is 5.82 Å². The van der Waals surface area contributed by atoms with Crippen LogP contribution in [0.1, 0.15) is 5.56 Å². The van der Waals surface area contributed by atoms with Crippen molar-refractivity contribution >= 4 is 29.0 Å². The van der Waals surface area contributed by atoms with E-state index in [0.29, 0.717) is 16.3 Å². The predicted octanol–water partition coefficient (Wildman–Crippen LogP) is 3.58. The first kappa shape index (κ1) is 14.1. The monoisotopic (exact) mass is 293 g/mol. The minimum Gasteiger partial charge on any atom is -0.381 e. The summed E-state index contributed by atoms with van der Waals surface area (Å²) in [6.07, 6.45) is 0. The van der Waals surface area contributed by atoms with E-state index in [2.05, 4.69) is 10.6 Å². The van der Waals surface area contributed by atoms with Gasteiger partial charge in [0, 0.05) is 28.5 Å². The van der Waals surface area contributed by atoms with Crippen molar-refractivity contribution in [2.45, 2.75) is 6.54 Å². The third kappa shape index (κ3) is 3.61.